The molecule has 0 saturated carbocycles. The largest absolute Gasteiger partial charge is 0.309 e. The van der Waals surface area contributed by atoms with Gasteiger partial charge in [0.2, 0.25) is 10.7 Å². The van der Waals surface area contributed by atoms with Crippen molar-refractivity contribution in [2.24, 2.45) is 0 Å². The van der Waals surface area contributed by atoms with Crippen LogP contribution in [0.2, 0.25) is 0 Å². The molecule has 0 N–H and O–H groups in total. The Morgan fingerprint density at radius 2 is 2.22 bits per heavy atom. The molecule has 0 amide bonds. The van der Waals surface area contributed by atoms with Crippen molar-refractivity contribution < 1.29 is 0 Å². The van der Waals surface area contributed by atoms with Crippen LogP contribution >= 0.6 is 15.9 Å². The zero-order valence-electron chi connectivity index (χ0n) is 10.3. The Morgan fingerprint density at radius 3 is 2.94 bits per heavy atom. The van der Waals surface area contributed by atoms with Gasteiger partial charge in [-0.2, -0.15) is 4.98 Å². The summed E-state index contributed by atoms with van der Waals surface area (Å²) < 4.78 is 2.52. The molecule has 1 aliphatic rings. The third kappa shape index (κ3) is 2.61. The second-order valence-electron chi connectivity index (χ2n) is 3.77. The summed E-state index contributed by atoms with van der Waals surface area (Å²) in [5.41, 5.74) is 1.06. The lowest BCUT2D eigenvalue weighted by atomic mass is 10.3. The number of rotatable bonds is 4. The summed E-state index contributed by atoms with van der Waals surface area (Å²) in [6.45, 7) is 7.47. The number of anilines is 1. The Labute approximate surface area is 115 Å². The van der Waals surface area contributed by atoms with Crippen molar-refractivity contribution in [1.82, 2.24) is 14.8 Å². The highest BCUT2D eigenvalue weighted by Crippen LogP contribution is 2.25. The lowest BCUT2D eigenvalue weighted by Crippen LogP contribution is -2.19. The summed E-state index contributed by atoms with van der Waals surface area (Å²) in [6.07, 6.45) is 11.8. The summed E-state index contributed by atoms with van der Waals surface area (Å²) in [6, 6.07) is 0. The van der Waals surface area contributed by atoms with Crippen LogP contribution in [0.25, 0.3) is 0 Å². The molecule has 1 aromatic rings. The molecule has 0 bridgehead atoms. The fraction of sp³-hybridized carbons (Fsp3) is 0.231. The first-order valence-electron chi connectivity index (χ1n) is 5.76. The second kappa shape index (κ2) is 5.82. The standard InChI is InChI=1S/C13H15BrN4/c1-3-5-6-8-11(7-4-2)17-9-10-18-13(17)15-12(14)16-18/h3-8H,2,9-10H2,1H3/b5-3-,8-6-,11-7+. The van der Waals surface area contributed by atoms with E-state index < -0.39 is 0 Å². The molecule has 0 radical (unpaired) electrons. The lowest BCUT2D eigenvalue weighted by Gasteiger charge is -2.16. The third-order valence-electron chi connectivity index (χ3n) is 2.57. The van der Waals surface area contributed by atoms with Gasteiger partial charge in [-0.05, 0) is 35.0 Å². The molecule has 94 valence electrons. The molecular formula is C13H15BrN4. The van der Waals surface area contributed by atoms with E-state index >= 15 is 0 Å². The van der Waals surface area contributed by atoms with Crippen LogP contribution in [0.1, 0.15) is 6.92 Å². The normalized spacial score (nSPS) is 15.9. The minimum Gasteiger partial charge on any atom is -0.309 e. The molecule has 4 nitrogen and oxygen atoms in total. The van der Waals surface area contributed by atoms with Gasteiger partial charge in [0, 0.05) is 12.2 Å². The van der Waals surface area contributed by atoms with Crippen LogP contribution in [0.15, 0.2) is 53.5 Å². The van der Waals surface area contributed by atoms with E-state index in [0.717, 1.165) is 24.7 Å². The maximum atomic E-state index is 4.37. The van der Waals surface area contributed by atoms with Gasteiger partial charge in [0.15, 0.2) is 0 Å². The van der Waals surface area contributed by atoms with Crippen molar-refractivity contribution in [3.8, 4) is 0 Å². The Balaban J connectivity index is 2.28. The predicted molar refractivity (Wildman–Crippen MR) is 77.3 cm³/mol. The molecule has 0 aromatic carbocycles. The van der Waals surface area contributed by atoms with Gasteiger partial charge in [0.25, 0.3) is 0 Å². The number of hydrogen-bond acceptors (Lipinski definition) is 3. The molecule has 0 aliphatic carbocycles. The molecule has 5 heteroatoms. The minimum absolute atomic E-state index is 0.623. The summed E-state index contributed by atoms with van der Waals surface area (Å²) in [4.78, 5) is 6.50. The molecule has 2 heterocycles. The number of aromatic nitrogens is 3. The highest BCUT2D eigenvalue weighted by atomic mass is 79.9. The van der Waals surface area contributed by atoms with Crippen molar-refractivity contribution in [3.05, 3.63) is 53.5 Å². The maximum absolute atomic E-state index is 4.37. The Kier molecular flexibility index (Phi) is 4.15. The molecule has 0 unspecified atom stereocenters. The molecule has 0 spiro atoms. The average Bonchev–Trinajstić information content (AvgIpc) is 2.87. The Bertz CT molecular complexity index is 525. The highest BCUT2D eigenvalue weighted by molar-refractivity contribution is 9.10. The zero-order chi connectivity index (χ0) is 13.0. The second-order valence-corrected chi connectivity index (χ2v) is 4.48. The van der Waals surface area contributed by atoms with Crippen LogP contribution in [0.5, 0.6) is 0 Å². The van der Waals surface area contributed by atoms with E-state index in [1.54, 1.807) is 6.08 Å². The van der Waals surface area contributed by atoms with Gasteiger partial charge in [0.1, 0.15) is 0 Å². The molecule has 18 heavy (non-hydrogen) atoms. The Morgan fingerprint density at radius 1 is 1.39 bits per heavy atom. The van der Waals surface area contributed by atoms with E-state index in [0.29, 0.717) is 4.73 Å². The number of allylic oxidation sites excluding steroid dienone is 6. The van der Waals surface area contributed by atoms with Gasteiger partial charge in [-0.3, -0.25) is 0 Å². The number of fused-ring (bicyclic) bond motifs is 1. The Hall–Kier alpha value is -1.62. The van der Waals surface area contributed by atoms with E-state index in [9.17, 15) is 0 Å². The van der Waals surface area contributed by atoms with Crippen molar-refractivity contribution >= 4 is 21.9 Å². The monoisotopic (exact) mass is 306 g/mol. The number of halogens is 1. The van der Waals surface area contributed by atoms with Gasteiger partial charge in [-0.25, -0.2) is 4.68 Å². The predicted octanol–water partition coefficient (Wildman–Crippen LogP) is 3.06. The molecular weight excluding hydrogens is 292 g/mol. The number of nitrogens with zero attached hydrogens (tertiary/aromatic N) is 4. The van der Waals surface area contributed by atoms with E-state index in [4.69, 9.17) is 0 Å². The molecule has 1 aromatic heterocycles. The zero-order valence-corrected chi connectivity index (χ0v) is 11.8. The average molecular weight is 307 g/mol. The van der Waals surface area contributed by atoms with E-state index in [1.165, 1.54) is 0 Å². The van der Waals surface area contributed by atoms with Gasteiger partial charge in [-0.15, -0.1) is 5.10 Å². The molecule has 0 atom stereocenters. The molecule has 2 rings (SSSR count). The van der Waals surface area contributed by atoms with E-state index in [-0.39, 0.29) is 0 Å². The van der Waals surface area contributed by atoms with Crippen LogP contribution in [0, 0.1) is 0 Å². The fourth-order valence-corrected chi connectivity index (χ4v) is 2.17. The molecule has 0 fully saturated rings. The first-order chi connectivity index (χ1) is 8.76. The first kappa shape index (κ1) is 12.8. The summed E-state index contributed by atoms with van der Waals surface area (Å²) in [7, 11) is 0. The van der Waals surface area contributed by atoms with Crippen molar-refractivity contribution in [2.75, 3.05) is 11.4 Å². The van der Waals surface area contributed by atoms with E-state index in [2.05, 4.69) is 37.5 Å². The number of hydrogen-bond donors (Lipinski definition) is 0. The van der Waals surface area contributed by atoms with Crippen LogP contribution in [0.3, 0.4) is 0 Å². The van der Waals surface area contributed by atoms with E-state index in [1.807, 2.05) is 42.0 Å². The summed E-state index contributed by atoms with van der Waals surface area (Å²) >= 11 is 3.30. The van der Waals surface area contributed by atoms with Crippen LogP contribution in [-0.2, 0) is 6.54 Å². The highest BCUT2D eigenvalue weighted by Gasteiger charge is 2.24. The molecule has 1 aliphatic heterocycles. The van der Waals surface area contributed by atoms with Crippen molar-refractivity contribution in [2.45, 2.75) is 13.5 Å². The SMILES string of the molecule is C=C\C=C(/C=C\C=C/C)N1CCn2nc(Br)nc21. The van der Waals surface area contributed by atoms with Crippen molar-refractivity contribution in [3.63, 3.8) is 0 Å². The minimum atomic E-state index is 0.623. The van der Waals surface area contributed by atoms with Gasteiger partial charge >= 0.3 is 0 Å². The first-order valence-corrected chi connectivity index (χ1v) is 6.55. The topological polar surface area (TPSA) is 34.0 Å². The smallest absolute Gasteiger partial charge is 0.229 e. The molecule has 0 saturated heterocycles. The van der Waals surface area contributed by atoms with Gasteiger partial charge in [0.05, 0.1) is 6.54 Å². The van der Waals surface area contributed by atoms with Gasteiger partial charge in [-0.1, -0.05) is 30.9 Å². The maximum Gasteiger partial charge on any atom is 0.229 e. The van der Waals surface area contributed by atoms with Crippen molar-refractivity contribution in [1.29, 1.82) is 0 Å². The third-order valence-corrected chi connectivity index (χ3v) is 2.91. The summed E-state index contributed by atoms with van der Waals surface area (Å²) in [5.74, 6) is 0.861. The summed E-state index contributed by atoms with van der Waals surface area (Å²) in [5, 5.41) is 4.27. The fourth-order valence-electron chi connectivity index (χ4n) is 1.82. The quantitative estimate of drug-likeness (QED) is 0.802. The van der Waals surface area contributed by atoms with Crippen LogP contribution in [0.4, 0.5) is 5.95 Å². The van der Waals surface area contributed by atoms with Crippen LogP contribution in [-0.4, -0.2) is 21.3 Å². The van der Waals surface area contributed by atoms with Gasteiger partial charge < -0.3 is 4.90 Å². The lowest BCUT2D eigenvalue weighted by molar-refractivity contribution is 0.686. The van der Waals surface area contributed by atoms with Crippen LogP contribution < -0.4 is 4.90 Å².